The van der Waals surface area contributed by atoms with Crippen molar-refractivity contribution in [2.45, 2.75) is 0 Å². The average Bonchev–Trinajstić information content (AvgIpc) is 2.34. The molecule has 0 spiro atoms. The standard InChI is InChI=1S/C6H4ClN3/c7-4-1-2-8-6-5(4)9-3-10-6/h1-3H,(H,8,9,10)/i/hD. The maximum Gasteiger partial charge on any atom is 0.178 e. The predicted octanol–water partition coefficient (Wildman–Crippen LogP) is 1.61. The van der Waals surface area contributed by atoms with Crippen LogP contribution in [0.15, 0.2) is 18.6 Å². The van der Waals surface area contributed by atoms with Gasteiger partial charge in [0.1, 0.15) is 5.52 Å². The van der Waals surface area contributed by atoms with Gasteiger partial charge in [-0.05, 0) is 6.07 Å². The molecule has 0 aliphatic heterocycles. The molecule has 3 nitrogen and oxygen atoms in total. The van der Waals surface area contributed by atoms with Gasteiger partial charge in [0.25, 0.3) is 0 Å². The largest absolute Gasteiger partial charge is 0.342 e. The Balaban J connectivity index is 2.96. The van der Waals surface area contributed by atoms with Crippen molar-refractivity contribution in [3.63, 3.8) is 0 Å². The molecule has 0 unspecified atom stereocenters. The molecule has 0 aromatic carbocycles. The van der Waals surface area contributed by atoms with E-state index in [1.54, 1.807) is 12.3 Å². The van der Waals surface area contributed by atoms with Gasteiger partial charge >= 0.3 is 0 Å². The van der Waals surface area contributed by atoms with Gasteiger partial charge in [-0.1, -0.05) is 11.6 Å². The van der Waals surface area contributed by atoms with Crippen molar-refractivity contribution >= 4 is 22.8 Å². The number of H-pyrrole nitrogens is 1. The van der Waals surface area contributed by atoms with Crippen LogP contribution in [-0.4, -0.2) is 14.9 Å². The lowest BCUT2D eigenvalue weighted by Gasteiger charge is -1.87. The molecule has 2 rings (SSSR count). The number of imidazole rings is 1. The zero-order chi connectivity index (χ0) is 7.84. The maximum absolute atomic E-state index is 7.31. The van der Waals surface area contributed by atoms with Gasteiger partial charge in [-0.25, -0.2) is 9.97 Å². The fourth-order valence-electron chi connectivity index (χ4n) is 0.775. The summed E-state index contributed by atoms with van der Waals surface area (Å²) in [7, 11) is 0. The van der Waals surface area contributed by atoms with Crippen LogP contribution in [-0.2, 0) is 0 Å². The fourth-order valence-corrected chi connectivity index (χ4v) is 0.965. The monoisotopic (exact) mass is 154 g/mol. The van der Waals surface area contributed by atoms with Gasteiger partial charge in [0.15, 0.2) is 7.06 Å². The molecule has 0 atom stereocenters. The van der Waals surface area contributed by atoms with Crippen LogP contribution in [0.25, 0.3) is 11.2 Å². The number of aromatic nitrogens is 3. The molecule has 0 amide bonds. The zero-order valence-electron chi connectivity index (χ0n) is 5.95. The van der Waals surface area contributed by atoms with E-state index in [2.05, 4.69) is 9.97 Å². The second-order valence-electron chi connectivity index (χ2n) is 1.84. The molecular weight excluding hydrogens is 150 g/mol. The highest BCUT2D eigenvalue weighted by Crippen LogP contribution is 2.16. The Bertz CT molecular complexity index is 398. The van der Waals surface area contributed by atoms with E-state index in [0.717, 1.165) is 4.98 Å². The van der Waals surface area contributed by atoms with Gasteiger partial charge in [-0.3, -0.25) is 0 Å². The first kappa shape index (κ1) is 4.68. The number of pyridine rings is 1. The Kier molecular flexibility index (Phi) is 0.914. The molecule has 50 valence electrons. The Morgan fingerprint density at radius 1 is 1.60 bits per heavy atom. The molecule has 2 aromatic heterocycles. The number of halogens is 1. The van der Waals surface area contributed by atoms with E-state index in [0.29, 0.717) is 16.2 Å². The van der Waals surface area contributed by atoms with Crippen molar-refractivity contribution in [1.82, 2.24) is 14.9 Å². The second-order valence-corrected chi connectivity index (χ2v) is 2.25. The summed E-state index contributed by atoms with van der Waals surface area (Å²) in [5.74, 6) is 0. The lowest BCUT2D eigenvalue weighted by atomic mass is 10.4. The van der Waals surface area contributed by atoms with E-state index in [9.17, 15) is 0 Å². The molecule has 0 aliphatic rings. The molecule has 2 aromatic rings. The number of hydrogen-bond donors (Lipinski definition) is 1. The summed E-state index contributed by atoms with van der Waals surface area (Å²) in [5, 5.41) is 0.502. The minimum atomic E-state index is 0.502. The Morgan fingerprint density at radius 3 is 3.30 bits per heavy atom. The molecule has 0 fully saturated rings. The van der Waals surface area contributed by atoms with Crippen LogP contribution in [0.4, 0.5) is 0 Å². The SMILES string of the molecule is [2H]n1cnc2nccc(Cl)c21. The van der Waals surface area contributed by atoms with Crippen molar-refractivity contribution in [3.05, 3.63) is 23.6 Å². The topological polar surface area (TPSA) is 41.6 Å². The van der Waals surface area contributed by atoms with Gasteiger partial charge < -0.3 is 4.98 Å². The maximum atomic E-state index is 7.31. The van der Waals surface area contributed by atoms with E-state index in [-0.39, 0.29) is 0 Å². The summed E-state index contributed by atoms with van der Waals surface area (Å²) in [6.07, 6.45) is 2.93. The normalized spacial score (nSPS) is 11.9. The third-order valence-electron chi connectivity index (χ3n) is 1.22. The van der Waals surface area contributed by atoms with Gasteiger partial charge in [-0.2, -0.15) is 0 Å². The quantitative estimate of drug-likeness (QED) is 0.627. The lowest BCUT2D eigenvalue weighted by molar-refractivity contribution is 1.30. The molecule has 0 bridgehead atoms. The first-order valence-electron chi connectivity index (χ1n) is 3.20. The van der Waals surface area contributed by atoms with Crippen molar-refractivity contribution in [3.8, 4) is 0 Å². The van der Waals surface area contributed by atoms with Gasteiger partial charge in [-0.15, -0.1) is 0 Å². The molecule has 10 heavy (non-hydrogen) atoms. The fraction of sp³-hybridized carbons (Fsp3) is 0. The molecule has 4 heteroatoms. The Hall–Kier alpha value is -1.09. The third kappa shape index (κ3) is 0.675. The smallest absolute Gasteiger partial charge is 0.178 e. The first-order valence-corrected chi connectivity index (χ1v) is 3.13. The lowest BCUT2D eigenvalue weighted by Crippen LogP contribution is -1.74. The summed E-state index contributed by atoms with van der Waals surface area (Å²) in [5.41, 5.74) is 1.06. The zero-order valence-corrected chi connectivity index (χ0v) is 5.71. The van der Waals surface area contributed by atoms with Crippen molar-refractivity contribution in [1.29, 1.82) is 0 Å². The van der Waals surface area contributed by atoms with Crippen molar-refractivity contribution in [2.75, 3.05) is 0 Å². The molecule has 0 aliphatic carbocycles. The summed E-state index contributed by atoms with van der Waals surface area (Å²) in [6, 6.07) is 1.64. The highest BCUT2D eigenvalue weighted by atomic mass is 35.5. The second kappa shape index (κ2) is 1.95. The van der Waals surface area contributed by atoms with Crippen LogP contribution in [0.5, 0.6) is 0 Å². The van der Waals surface area contributed by atoms with Crippen LogP contribution in [0.1, 0.15) is 0 Å². The van der Waals surface area contributed by atoms with Gasteiger partial charge in [0.05, 0.1) is 11.3 Å². The van der Waals surface area contributed by atoms with E-state index in [1.807, 2.05) is 0 Å². The van der Waals surface area contributed by atoms with E-state index >= 15 is 0 Å². The van der Waals surface area contributed by atoms with Crippen LogP contribution in [0.3, 0.4) is 0 Å². The molecular formula is C6H4ClN3. The highest BCUT2D eigenvalue weighted by molar-refractivity contribution is 6.34. The highest BCUT2D eigenvalue weighted by Gasteiger charge is 1.98. The van der Waals surface area contributed by atoms with Crippen LogP contribution < -0.4 is 0 Å². The van der Waals surface area contributed by atoms with Crippen molar-refractivity contribution < 1.29 is 1.41 Å². The van der Waals surface area contributed by atoms with Crippen molar-refractivity contribution in [2.24, 2.45) is 0 Å². The molecule has 1 N–H and O–H groups in total. The van der Waals surface area contributed by atoms with Crippen LogP contribution >= 0.6 is 11.6 Å². The Morgan fingerprint density at radius 2 is 2.50 bits per heavy atom. The summed E-state index contributed by atoms with van der Waals surface area (Å²) < 4.78 is 7.31. The van der Waals surface area contributed by atoms with Gasteiger partial charge in [0, 0.05) is 6.20 Å². The van der Waals surface area contributed by atoms with Gasteiger partial charge in [0.2, 0.25) is 0 Å². The molecule has 0 saturated heterocycles. The number of nitrogens with one attached hydrogen (secondary N) is 1. The summed E-state index contributed by atoms with van der Waals surface area (Å²) >= 11 is 5.78. The van der Waals surface area contributed by atoms with Crippen LogP contribution in [0, 0.1) is 0 Å². The minimum Gasteiger partial charge on any atom is -0.342 e. The number of hydrogen-bond acceptors (Lipinski definition) is 2. The number of aromatic amines is 1. The molecule has 0 saturated carbocycles. The van der Waals surface area contributed by atoms with E-state index < -0.39 is 0 Å². The third-order valence-corrected chi connectivity index (χ3v) is 1.53. The average molecular weight is 155 g/mol. The summed E-state index contributed by atoms with van der Waals surface area (Å²) in [6.45, 7) is 0. The number of nitrogens with zero attached hydrogens (tertiary/aromatic N) is 2. The number of rotatable bonds is 0. The number of fused-ring (bicyclic) bond motifs is 1. The Labute approximate surface area is 63.5 Å². The predicted molar refractivity (Wildman–Crippen MR) is 38.9 cm³/mol. The summed E-state index contributed by atoms with van der Waals surface area (Å²) in [4.78, 5) is 8.89. The van der Waals surface area contributed by atoms with Crippen LogP contribution in [0.2, 0.25) is 6.43 Å². The first-order chi connectivity index (χ1) is 5.29. The van der Waals surface area contributed by atoms with E-state index in [1.165, 1.54) is 6.33 Å². The minimum absolute atomic E-state index is 0.502. The molecule has 2 heterocycles. The molecule has 0 radical (unpaired) electrons. The van der Waals surface area contributed by atoms with E-state index in [4.69, 9.17) is 13.0 Å².